The molecule has 2 aromatic rings. The van der Waals surface area contributed by atoms with Gasteiger partial charge in [-0.25, -0.2) is 4.79 Å². The highest BCUT2D eigenvalue weighted by Crippen LogP contribution is 2.22. The Balaban J connectivity index is 2.04. The van der Waals surface area contributed by atoms with Crippen LogP contribution in [0.5, 0.6) is 5.75 Å². The van der Waals surface area contributed by atoms with Crippen molar-refractivity contribution in [1.29, 1.82) is 0 Å². The smallest absolute Gasteiger partial charge is 0.338 e. The zero-order chi connectivity index (χ0) is 19.1. The van der Waals surface area contributed by atoms with Gasteiger partial charge in [-0.05, 0) is 68.7 Å². The van der Waals surface area contributed by atoms with E-state index in [1.54, 1.807) is 31.2 Å². The molecule has 0 saturated heterocycles. The van der Waals surface area contributed by atoms with E-state index in [1.165, 1.54) is 0 Å². The summed E-state index contributed by atoms with van der Waals surface area (Å²) in [4.78, 5) is 24.2. The van der Waals surface area contributed by atoms with Gasteiger partial charge in [0, 0.05) is 5.69 Å². The fourth-order valence-corrected chi connectivity index (χ4v) is 2.44. The summed E-state index contributed by atoms with van der Waals surface area (Å²) in [7, 11) is 0. The summed E-state index contributed by atoms with van der Waals surface area (Å²) in [5.74, 6) is 0.108. The van der Waals surface area contributed by atoms with Crippen LogP contribution in [-0.4, -0.2) is 24.6 Å². The molecule has 0 aliphatic carbocycles. The number of esters is 1. The Morgan fingerprint density at radius 3 is 2.35 bits per heavy atom. The van der Waals surface area contributed by atoms with Crippen LogP contribution in [0.15, 0.2) is 42.5 Å². The standard InChI is InChI=1S/C21H25NO4/c1-5-18(26-19-13-14(3)7-8-15(19)4)20(23)22-17-11-9-16(10-12-17)21(24)25-6-2/h7-13,18H,5-6H2,1-4H3,(H,22,23). The second-order valence-electron chi connectivity index (χ2n) is 6.07. The topological polar surface area (TPSA) is 64.6 Å². The first kappa shape index (κ1) is 19.5. The maximum absolute atomic E-state index is 12.5. The van der Waals surface area contributed by atoms with Gasteiger partial charge < -0.3 is 14.8 Å². The van der Waals surface area contributed by atoms with Gasteiger partial charge in [-0.15, -0.1) is 0 Å². The highest BCUT2D eigenvalue weighted by Gasteiger charge is 2.19. The number of aryl methyl sites for hydroxylation is 2. The molecular formula is C21H25NO4. The minimum Gasteiger partial charge on any atom is -0.480 e. The summed E-state index contributed by atoms with van der Waals surface area (Å²) >= 11 is 0. The van der Waals surface area contributed by atoms with E-state index < -0.39 is 6.10 Å². The lowest BCUT2D eigenvalue weighted by Gasteiger charge is -2.19. The maximum Gasteiger partial charge on any atom is 0.338 e. The average Bonchev–Trinajstić information content (AvgIpc) is 2.63. The van der Waals surface area contributed by atoms with E-state index >= 15 is 0 Å². The third-order valence-corrected chi connectivity index (χ3v) is 3.94. The molecule has 5 heteroatoms. The largest absolute Gasteiger partial charge is 0.480 e. The monoisotopic (exact) mass is 355 g/mol. The van der Waals surface area contributed by atoms with Crippen LogP contribution in [-0.2, 0) is 9.53 Å². The molecule has 138 valence electrons. The summed E-state index contributed by atoms with van der Waals surface area (Å²) in [6.07, 6.45) is -0.0552. The summed E-state index contributed by atoms with van der Waals surface area (Å²) < 4.78 is 10.9. The first-order valence-corrected chi connectivity index (χ1v) is 8.76. The Labute approximate surface area is 154 Å². The van der Waals surface area contributed by atoms with Crippen molar-refractivity contribution in [2.45, 2.75) is 40.2 Å². The third kappa shape index (κ3) is 5.09. The molecule has 2 aromatic carbocycles. The Morgan fingerprint density at radius 2 is 1.73 bits per heavy atom. The lowest BCUT2D eigenvalue weighted by atomic mass is 10.1. The molecule has 2 rings (SSSR count). The zero-order valence-electron chi connectivity index (χ0n) is 15.7. The molecule has 0 fully saturated rings. The van der Waals surface area contributed by atoms with Crippen molar-refractivity contribution in [2.24, 2.45) is 0 Å². The predicted molar refractivity (Wildman–Crippen MR) is 102 cm³/mol. The number of hydrogen-bond donors (Lipinski definition) is 1. The molecule has 0 saturated carbocycles. The Bertz CT molecular complexity index is 768. The van der Waals surface area contributed by atoms with Crippen molar-refractivity contribution in [1.82, 2.24) is 0 Å². The van der Waals surface area contributed by atoms with Crippen LogP contribution in [0, 0.1) is 13.8 Å². The molecule has 0 spiro atoms. The van der Waals surface area contributed by atoms with E-state index in [2.05, 4.69) is 5.32 Å². The van der Waals surface area contributed by atoms with Gasteiger partial charge in [0.15, 0.2) is 6.10 Å². The molecule has 1 unspecified atom stereocenters. The quantitative estimate of drug-likeness (QED) is 0.753. The number of anilines is 1. The van der Waals surface area contributed by atoms with E-state index in [1.807, 2.05) is 39.0 Å². The number of hydrogen-bond acceptors (Lipinski definition) is 4. The third-order valence-electron chi connectivity index (χ3n) is 3.94. The summed E-state index contributed by atoms with van der Waals surface area (Å²) in [6, 6.07) is 12.5. The van der Waals surface area contributed by atoms with Crippen molar-refractivity contribution in [3.8, 4) is 5.75 Å². The van der Waals surface area contributed by atoms with Gasteiger partial charge in [-0.2, -0.15) is 0 Å². The Morgan fingerprint density at radius 1 is 1.04 bits per heavy atom. The normalized spacial score (nSPS) is 11.5. The zero-order valence-corrected chi connectivity index (χ0v) is 15.7. The second-order valence-corrected chi connectivity index (χ2v) is 6.07. The van der Waals surface area contributed by atoms with Gasteiger partial charge in [-0.3, -0.25) is 4.79 Å². The summed E-state index contributed by atoms with van der Waals surface area (Å²) in [5, 5.41) is 2.83. The van der Waals surface area contributed by atoms with Crippen molar-refractivity contribution in [3.05, 3.63) is 59.2 Å². The summed E-state index contributed by atoms with van der Waals surface area (Å²) in [5.41, 5.74) is 3.12. The highest BCUT2D eigenvalue weighted by atomic mass is 16.5. The van der Waals surface area contributed by atoms with Crippen molar-refractivity contribution >= 4 is 17.6 Å². The molecular weight excluding hydrogens is 330 g/mol. The Hall–Kier alpha value is -2.82. The highest BCUT2D eigenvalue weighted by molar-refractivity contribution is 5.95. The molecule has 0 heterocycles. The van der Waals surface area contributed by atoms with Crippen LogP contribution in [0.3, 0.4) is 0 Å². The van der Waals surface area contributed by atoms with Crippen LogP contribution < -0.4 is 10.1 Å². The van der Waals surface area contributed by atoms with E-state index in [0.717, 1.165) is 11.1 Å². The molecule has 0 bridgehead atoms. The predicted octanol–water partition coefficient (Wildman–Crippen LogP) is 4.28. The van der Waals surface area contributed by atoms with Gasteiger partial charge in [-0.1, -0.05) is 19.1 Å². The van der Waals surface area contributed by atoms with E-state index in [4.69, 9.17) is 9.47 Å². The molecule has 1 amide bonds. The van der Waals surface area contributed by atoms with Gasteiger partial charge in [0.25, 0.3) is 5.91 Å². The SMILES string of the molecule is CCOC(=O)c1ccc(NC(=O)C(CC)Oc2cc(C)ccc2C)cc1. The molecule has 0 radical (unpaired) electrons. The number of ether oxygens (including phenoxy) is 2. The van der Waals surface area contributed by atoms with Crippen molar-refractivity contribution in [2.75, 3.05) is 11.9 Å². The first-order chi connectivity index (χ1) is 12.4. The average molecular weight is 355 g/mol. The fraction of sp³-hybridized carbons (Fsp3) is 0.333. The number of rotatable bonds is 7. The number of amides is 1. The molecule has 0 aromatic heterocycles. The number of carbonyl (C=O) groups is 2. The molecule has 5 nitrogen and oxygen atoms in total. The van der Waals surface area contributed by atoms with Gasteiger partial charge >= 0.3 is 5.97 Å². The van der Waals surface area contributed by atoms with Crippen LogP contribution in [0.25, 0.3) is 0 Å². The molecule has 26 heavy (non-hydrogen) atoms. The van der Waals surface area contributed by atoms with Gasteiger partial charge in [0.1, 0.15) is 5.75 Å². The number of nitrogens with one attached hydrogen (secondary N) is 1. The molecule has 1 N–H and O–H groups in total. The van der Waals surface area contributed by atoms with Gasteiger partial charge in [0.05, 0.1) is 12.2 Å². The van der Waals surface area contributed by atoms with Crippen LogP contribution in [0.4, 0.5) is 5.69 Å². The van der Waals surface area contributed by atoms with Crippen molar-refractivity contribution < 1.29 is 19.1 Å². The van der Waals surface area contributed by atoms with Crippen LogP contribution in [0.1, 0.15) is 41.8 Å². The first-order valence-electron chi connectivity index (χ1n) is 8.76. The summed E-state index contributed by atoms with van der Waals surface area (Å²) in [6.45, 7) is 7.92. The lowest BCUT2D eigenvalue weighted by molar-refractivity contribution is -0.122. The van der Waals surface area contributed by atoms with Gasteiger partial charge in [0.2, 0.25) is 0 Å². The minimum absolute atomic E-state index is 0.225. The fourth-order valence-electron chi connectivity index (χ4n) is 2.44. The number of benzene rings is 2. The van der Waals surface area contributed by atoms with Crippen LogP contribution >= 0.6 is 0 Å². The molecule has 1 atom stereocenters. The van der Waals surface area contributed by atoms with E-state index in [0.29, 0.717) is 30.0 Å². The molecule has 0 aliphatic rings. The lowest BCUT2D eigenvalue weighted by Crippen LogP contribution is -2.32. The second kappa shape index (κ2) is 9.04. The van der Waals surface area contributed by atoms with Crippen LogP contribution in [0.2, 0.25) is 0 Å². The minimum atomic E-state index is -0.597. The number of carbonyl (C=O) groups excluding carboxylic acids is 2. The molecule has 0 aliphatic heterocycles. The van der Waals surface area contributed by atoms with Crippen molar-refractivity contribution in [3.63, 3.8) is 0 Å². The Kier molecular flexibility index (Phi) is 6.78. The maximum atomic E-state index is 12.5. The van der Waals surface area contributed by atoms with E-state index in [-0.39, 0.29) is 11.9 Å². The van der Waals surface area contributed by atoms with E-state index in [9.17, 15) is 9.59 Å².